The first kappa shape index (κ1) is 33.1. The highest BCUT2D eigenvalue weighted by molar-refractivity contribution is 7.92. The van der Waals surface area contributed by atoms with Crippen LogP contribution in [0.4, 0.5) is 20.6 Å². The van der Waals surface area contributed by atoms with Crippen LogP contribution < -0.4 is 25.8 Å². The van der Waals surface area contributed by atoms with Crippen LogP contribution in [0.1, 0.15) is 60.3 Å². The normalized spacial score (nSPS) is 15.4. The monoisotopic (exact) mass is 642 g/mol. The second-order valence-electron chi connectivity index (χ2n) is 10.8. The lowest BCUT2D eigenvalue weighted by molar-refractivity contribution is -0.133. The molecule has 1 heterocycles. The van der Waals surface area contributed by atoms with E-state index in [1.165, 1.54) is 57.2 Å². The first-order valence-corrected chi connectivity index (χ1v) is 15.6. The third-order valence-corrected chi connectivity index (χ3v) is 9.79. The highest BCUT2D eigenvalue weighted by atomic mass is 32.2. The Balaban J connectivity index is 1.84. The molecule has 3 aromatic carbocycles. The summed E-state index contributed by atoms with van der Waals surface area (Å²) in [4.78, 5) is 39.2. The minimum atomic E-state index is -3.84. The molecule has 5 N–H and O–H groups in total. The first-order valence-electron chi connectivity index (χ1n) is 14.0. The van der Waals surface area contributed by atoms with Crippen molar-refractivity contribution in [3.05, 3.63) is 77.1 Å². The first-order chi connectivity index (χ1) is 21.3. The maximum absolute atomic E-state index is 14.5. The van der Waals surface area contributed by atoms with Crippen LogP contribution in [0.15, 0.2) is 59.5 Å². The molecule has 3 amide bonds. The molecule has 2 atom stereocenters. The number of hydrogen-bond acceptors (Lipinski definition) is 8. The predicted molar refractivity (Wildman–Crippen MR) is 165 cm³/mol. The molecule has 1 fully saturated rings. The standard InChI is InChI=1S/C31H35FN4O8S/c1-17(2)45(41,42)27-10-8-21(35-31(39)40)16-23(27)24-6-5-11-36(24)30(38)28(18-7-9-25(43-3)26(14-18)44-4)34-22-13-19(29(33)37)12-20(32)15-22/h7-10,12-17,24,28,34-35H,5-6,11H2,1-4H3,(H2,33,37)(H,39,40)/t24-,28+/m1/s1. The minimum Gasteiger partial charge on any atom is -0.493 e. The van der Waals surface area contributed by atoms with E-state index in [4.69, 9.17) is 15.2 Å². The third kappa shape index (κ3) is 7.11. The average molecular weight is 643 g/mol. The van der Waals surface area contributed by atoms with Gasteiger partial charge in [-0.1, -0.05) is 6.07 Å². The summed E-state index contributed by atoms with van der Waals surface area (Å²) < 4.78 is 52.1. The van der Waals surface area contributed by atoms with Gasteiger partial charge in [-0.15, -0.1) is 0 Å². The smallest absolute Gasteiger partial charge is 0.409 e. The Morgan fingerprint density at radius 3 is 2.33 bits per heavy atom. The largest absolute Gasteiger partial charge is 0.493 e. The summed E-state index contributed by atoms with van der Waals surface area (Å²) in [6.45, 7) is 3.33. The number of sulfone groups is 1. The Labute approximate surface area is 260 Å². The van der Waals surface area contributed by atoms with E-state index in [-0.39, 0.29) is 33.9 Å². The van der Waals surface area contributed by atoms with Gasteiger partial charge in [0.05, 0.1) is 30.4 Å². The molecular formula is C31H35FN4O8S. The fourth-order valence-electron chi connectivity index (χ4n) is 5.34. The number of nitrogens with zero attached hydrogens (tertiary/aromatic N) is 1. The Morgan fingerprint density at radius 2 is 1.71 bits per heavy atom. The second-order valence-corrected chi connectivity index (χ2v) is 13.2. The number of carbonyl (C=O) groups is 3. The van der Waals surface area contributed by atoms with Crippen LogP contribution in [-0.4, -0.2) is 62.3 Å². The maximum atomic E-state index is 14.5. The van der Waals surface area contributed by atoms with E-state index in [1.807, 2.05) is 0 Å². The summed E-state index contributed by atoms with van der Waals surface area (Å²) in [5, 5.41) is 13.8. The molecule has 0 aliphatic carbocycles. The van der Waals surface area contributed by atoms with Gasteiger partial charge < -0.3 is 30.5 Å². The zero-order valence-electron chi connectivity index (χ0n) is 25.2. The molecule has 0 spiro atoms. The third-order valence-electron chi connectivity index (χ3n) is 7.56. The number of benzene rings is 3. The van der Waals surface area contributed by atoms with Crippen LogP contribution in [0.3, 0.4) is 0 Å². The molecule has 0 radical (unpaired) electrons. The van der Waals surface area contributed by atoms with E-state index in [0.717, 1.165) is 12.1 Å². The predicted octanol–water partition coefficient (Wildman–Crippen LogP) is 4.73. The Bertz CT molecular complexity index is 1730. The van der Waals surface area contributed by atoms with Crippen LogP contribution in [0, 0.1) is 5.82 Å². The van der Waals surface area contributed by atoms with Gasteiger partial charge in [0, 0.05) is 23.5 Å². The number of nitrogens with two attached hydrogens (primary N) is 1. The summed E-state index contributed by atoms with van der Waals surface area (Å²) in [6.07, 6.45) is -0.408. The number of ether oxygens (including phenoxy) is 2. The molecule has 240 valence electrons. The van der Waals surface area contributed by atoms with Crippen LogP contribution in [0.5, 0.6) is 11.5 Å². The Hall–Kier alpha value is -4.85. The molecule has 3 aromatic rings. The van der Waals surface area contributed by atoms with E-state index in [0.29, 0.717) is 29.9 Å². The number of nitrogens with one attached hydrogen (secondary N) is 2. The summed E-state index contributed by atoms with van der Waals surface area (Å²) in [5.74, 6) is -1.38. The van der Waals surface area contributed by atoms with Gasteiger partial charge in [-0.3, -0.25) is 14.9 Å². The van der Waals surface area contributed by atoms with Gasteiger partial charge in [-0.25, -0.2) is 17.6 Å². The van der Waals surface area contributed by atoms with E-state index in [1.54, 1.807) is 18.2 Å². The van der Waals surface area contributed by atoms with Crippen LogP contribution in [0.2, 0.25) is 0 Å². The van der Waals surface area contributed by atoms with Gasteiger partial charge >= 0.3 is 6.09 Å². The quantitative estimate of drug-likeness (QED) is 0.230. The Kier molecular flexibility index (Phi) is 9.86. The van der Waals surface area contributed by atoms with E-state index in [2.05, 4.69) is 10.6 Å². The van der Waals surface area contributed by atoms with Crippen molar-refractivity contribution in [2.24, 2.45) is 5.73 Å². The van der Waals surface area contributed by atoms with Crippen molar-refractivity contribution in [2.45, 2.75) is 48.9 Å². The highest BCUT2D eigenvalue weighted by Gasteiger charge is 2.38. The molecular weight excluding hydrogens is 607 g/mol. The molecule has 0 aromatic heterocycles. The van der Waals surface area contributed by atoms with Crippen LogP contribution in [0.25, 0.3) is 0 Å². The number of amides is 3. The number of primary amides is 1. The fraction of sp³-hybridized carbons (Fsp3) is 0.323. The molecule has 0 unspecified atom stereocenters. The number of rotatable bonds is 11. The van der Waals surface area contributed by atoms with Crippen molar-refractivity contribution in [3.8, 4) is 11.5 Å². The van der Waals surface area contributed by atoms with Gasteiger partial charge in [-0.2, -0.15) is 0 Å². The van der Waals surface area contributed by atoms with Crippen molar-refractivity contribution in [1.82, 2.24) is 4.90 Å². The van der Waals surface area contributed by atoms with Gasteiger partial charge in [-0.05, 0) is 86.3 Å². The topological polar surface area (TPSA) is 177 Å². The van der Waals surface area contributed by atoms with Gasteiger partial charge in [0.1, 0.15) is 11.9 Å². The summed E-state index contributed by atoms with van der Waals surface area (Å²) in [5.41, 5.74) is 6.20. The van der Waals surface area contributed by atoms with E-state index in [9.17, 15) is 32.3 Å². The van der Waals surface area contributed by atoms with Gasteiger partial charge in [0.2, 0.25) is 11.8 Å². The van der Waals surface area contributed by atoms with Gasteiger partial charge in [0.25, 0.3) is 0 Å². The molecule has 12 nitrogen and oxygen atoms in total. The van der Waals surface area contributed by atoms with E-state index >= 15 is 0 Å². The van der Waals surface area contributed by atoms with Crippen molar-refractivity contribution >= 4 is 39.1 Å². The number of methoxy groups -OCH3 is 2. The van der Waals surface area contributed by atoms with E-state index < -0.39 is 50.9 Å². The Morgan fingerprint density at radius 1 is 1.00 bits per heavy atom. The number of hydrogen-bond donors (Lipinski definition) is 4. The lowest BCUT2D eigenvalue weighted by Crippen LogP contribution is -2.38. The highest BCUT2D eigenvalue weighted by Crippen LogP contribution is 2.41. The van der Waals surface area contributed by atoms with Crippen LogP contribution in [-0.2, 0) is 14.6 Å². The lowest BCUT2D eigenvalue weighted by Gasteiger charge is -2.32. The lowest BCUT2D eigenvalue weighted by atomic mass is 10.0. The minimum absolute atomic E-state index is 0.00926. The number of anilines is 2. The SMILES string of the molecule is COc1ccc([C@H](Nc2cc(F)cc(C(N)=O)c2)C(=O)N2CCC[C@@H]2c2cc(NC(=O)O)ccc2S(=O)(=O)C(C)C)cc1OC. The maximum Gasteiger partial charge on any atom is 0.409 e. The summed E-state index contributed by atoms with van der Waals surface area (Å²) in [7, 11) is -0.946. The second kappa shape index (κ2) is 13.4. The molecule has 1 aliphatic heterocycles. The van der Waals surface area contributed by atoms with Crippen molar-refractivity contribution in [1.29, 1.82) is 0 Å². The molecule has 45 heavy (non-hydrogen) atoms. The van der Waals surface area contributed by atoms with Crippen molar-refractivity contribution < 1.29 is 41.8 Å². The number of halogens is 1. The molecule has 1 saturated heterocycles. The van der Waals surface area contributed by atoms with Crippen LogP contribution >= 0.6 is 0 Å². The zero-order valence-corrected chi connectivity index (χ0v) is 26.0. The zero-order chi connectivity index (χ0) is 33.1. The van der Waals surface area contributed by atoms with Crippen molar-refractivity contribution in [2.75, 3.05) is 31.4 Å². The van der Waals surface area contributed by atoms with Crippen molar-refractivity contribution in [3.63, 3.8) is 0 Å². The molecule has 0 bridgehead atoms. The summed E-state index contributed by atoms with van der Waals surface area (Å²) >= 11 is 0. The summed E-state index contributed by atoms with van der Waals surface area (Å²) in [6, 6.07) is 10.5. The number of carbonyl (C=O) groups excluding carboxylic acids is 2. The number of carboxylic acid groups (broad SMARTS) is 1. The fourth-order valence-corrected chi connectivity index (χ4v) is 6.63. The molecule has 14 heteroatoms. The number of likely N-dealkylation sites (tertiary alicyclic amines) is 1. The average Bonchev–Trinajstić information content (AvgIpc) is 3.48. The molecule has 0 saturated carbocycles. The molecule has 1 aliphatic rings. The van der Waals surface area contributed by atoms with Gasteiger partial charge in [0.15, 0.2) is 21.3 Å². The molecule has 4 rings (SSSR count).